The Labute approximate surface area is 111 Å². The summed E-state index contributed by atoms with van der Waals surface area (Å²) in [6, 6.07) is 7.34. The molecular formula is C16H24N2. The van der Waals surface area contributed by atoms with Gasteiger partial charge in [0.25, 0.3) is 0 Å². The molecule has 2 nitrogen and oxygen atoms in total. The van der Waals surface area contributed by atoms with Crippen LogP contribution in [0.3, 0.4) is 0 Å². The number of rotatable bonds is 4. The minimum Gasteiger partial charge on any atom is -0.374 e. The molecule has 0 atom stereocenters. The molecule has 1 aliphatic heterocycles. The van der Waals surface area contributed by atoms with Gasteiger partial charge in [0.05, 0.1) is 0 Å². The van der Waals surface area contributed by atoms with Crippen molar-refractivity contribution in [2.45, 2.75) is 33.2 Å². The van der Waals surface area contributed by atoms with Gasteiger partial charge in [-0.05, 0) is 36.6 Å². The normalized spacial score (nSPS) is 15.4. The van der Waals surface area contributed by atoms with Crippen LogP contribution in [0.1, 0.15) is 31.9 Å². The molecule has 0 unspecified atom stereocenters. The predicted molar refractivity (Wildman–Crippen MR) is 80.2 cm³/mol. The van der Waals surface area contributed by atoms with E-state index >= 15 is 0 Å². The van der Waals surface area contributed by atoms with E-state index in [1.54, 1.807) is 0 Å². The van der Waals surface area contributed by atoms with Crippen LogP contribution in [0.2, 0.25) is 0 Å². The zero-order chi connectivity index (χ0) is 13.1. The first kappa shape index (κ1) is 13.2. The Kier molecular flexibility index (Phi) is 4.07. The van der Waals surface area contributed by atoms with Gasteiger partial charge in [-0.25, -0.2) is 0 Å². The van der Waals surface area contributed by atoms with Gasteiger partial charge in [-0.1, -0.05) is 31.6 Å². The van der Waals surface area contributed by atoms with Crippen LogP contribution in [0.15, 0.2) is 23.8 Å². The molecule has 0 aliphatic carbocycles. The number of nitrogens with zero attached hydrogens (tertiary/aromatic N) is 1. The average molecular weight is 244 g/mol. The van der Waals surface area contributed by atoms with Gasteiger partial charge in [0.2, 0.25) is 0 Å². The number of hydrogen-bond acceptors (Lipinski definition) is 2. The molecular weight excluding hydrogens is 220 g/mol. The molecule has 0 radical (unpaired) electrons. The SMILES string of the molecule is CC(=Cc1ccc2c(c1)CCN2C)CNC(C)C. The topological polar surface area (TPSA) is 15.3 Å². The van der Waals surface area contributed by atoms with E-state index in [9.17, 15) is 0 Å². The third-order valence-electron chi connectivity index (χ3n) is 3.43. The molecule has 0 fully saturated rings. The number of nitrogens with one attached hydrogen (secondary N) is 1. The van der Waals surface area contributed by atoms with Crippen molar-refractivity contribution in [1.82, 2.24) is 5.32 Å². The van der Waals surface area contributed by atoms with Gasteiger partial charge in [-0.15, -0.1) is 0 Å². The van der Waals surface area contributed by atoms with Crippen molar-refractivity contribution < 1.29 is 0 Å². The lowest BCUT2D eigenvalue weighted by Gasteiger charge is -2.12. The van der Waals surface area contributed by atoms with Crippen LogP contribution >= 0.6 is 0 Å². The van der Waals surface area contributed by atoms with Crippen LogP contribution in [0.5, 0.6) is 0 Å². The van der Waals surface area contributed by atoms with Crippen molar-refractivity contribution in [2.24, 2.45) is 0 Å². The van der Waals surface area contributed by atoms with Crippen LogP contribution in [0.25, 0.3) is 6.08 Å². The lowest BCUT2D eigenvalue weighted by atomic mass is 10.1. The quantitative estimate of drug-likeness (QED) is 0.875. The van der Waals surface area contributed by atoms with E-state index in [4.69, 9.17) is 0 Å². The van der Waals surface area contributed by atoms with E-state index in [-0.39, 0.29) is 0 Å². The van der Waals surface area contributed by atoms with E-state index in [0.717, 1.165) is 13.1 Å². The van der Waals surface area contributed by atoms with Crippen LogP contribution in [-0.2, 0) is 6.42 Å². The molecule has 0 saturated carbocycles. The number of hydrogen-bond donors (Lipinski definition) is 1. The molecule has 2 heteroatoms. The number of benzene rings is 1. The minimum absolute atomic E-state index is 0.544. The summed E-state index contributed by atoms with van der Waals surface area (Å²) in [4.78, 5) is 2.33. The summed E-state index contributed by atoms with van der Waals surface area (Å²) in [5, 5.41) is 3.45. The zero-order valence-electron chi connectivity index (χ0n) is 12.0. The molecule has 0 amide bonds. The molecule has 1 aliphatic rings. The molecule has 0 bridgehead atoms. The maximum absolute atomic E-state index is 3.45. The third kappa shape index (κ3) is 3.14. The zero-order valence-corrected chi connectivity index (χ0v) is 12.0. The lowest BCUT2D eigenvalue weighted by molar-refractivity contribution is 0.623. The molecule has 0 saturated heterocycles. The Hall–Kier alpha value is -1.28. The van der Waals surface area contributed by atoms with Gasteiger partial charge in [0.15, 0.2) is 0 Å². The van der Waals surface area contributed by atoms with Crippen molar-refractivity contribution >= 4 is 11.8 Å². The number of fused-ring (bicyclic) bond motifs is 1. The average Bonchev–Trinajstić information content (AvgIpc) is 2.68. The Morgan fingerprint density at radius 1 is 1.44 bits per heavy atom. The van der Waals surface area contributed by atoms with E-state index in [0.29, 0.717) is 6.04 Å². The minimum atomic E-state index is 0.544. The Morgan fingerprint density at radius 3 is 2.94 bits per heavy atom. The summed E-state index contributed by atoms with van der Waals surface area (Å²) >= 11 is 0. The van der Waals surface area contributed by atoms with Crippen molar-refractivity contribution in [3.8, 4) is 0 Å². The summed E-state index contributed by atoms with van der Waals surface area (Å²) in [5.74, 6) is 0. The Bertz CT molecular complexity index is 446. The first-order chi connectivity index (χ1) is 8.56. The second-order valence-corrected chi connectivity index (χ2v) is 5.59. The van der Waals surface area contributed by atoms with Crippen LogP contribution in [-0.4, -0.2) is 26.2 Å². The largest absolute Gasteiger partial charge is 0.374 e. The maximum Gasteiger partial charge on any atom is 0.0397 e. The summed E-state index contributed by atoms with van der Waals surface area (Å²) in [6.07, 6.45) is 3.46. The van der Waals surface area contributed by atoms with Crippen LogP contribution < -0.4 is 10.2 Å². The lowest BCUT2D eigenvalue weighted by Crippen LogP contribution is -2.24. The number of likely N-dealkylation sites (N-methyl/N-ethyl adjacent to an activating group) is 1. The first-order valence-corrected chi connectivity index (χ1v) is 6.81. The van der Waals surface area contributed by atoms with Gasteiger partial charge in [-0.3, -0.25) is 0 Å². The highest BCUT2D eigenvalue weighted by atomic mass is 15.1. The highest BCUT2D eigenvalue weighted by molar-refractivity contribution is 5.64. The highest BCUT2D eigenvalue weighted by Crippen LogP contribution is 2.27. The maximum atomic E-state index is 3.45. The fourth-order valence-corrected chi connectivity index (χ4v) is 2.38. The molecule has 0 aromatic heterocycles. The third-order valence-corrected chi connectivity index (χ3v) is 3.43. The van der Waals surface area contributed by atoms with Gasteiger partial charge < -0.3 is 10.2 Å². The summed E-state index contributed by atoms with van der Waals surface area (Å²) in [5.41, 5.74) is 5.59. The van der Waals surface area contributed by atoms with Gasteiger partial charge in [0.1, 0.15) is 0 Å². The van der Waals surface area contributed by atoms with Crippen molar-refractivity contribution in [1.29, 1.82) is 0 Å². The van der Waals surface area contributed by atoms with Crippen LogP contribution in [0.4, 0.5) is 5.69 Å². The molecule has 0 spiro atoms. The standard InChI is InChI=1S/C16H24N2/c1-12(2)17-11-13(3)9-14-5-6-16-15(10-14)7-8-18(16)4/h5-6,9-10,12,17H,7-8,11H2,1-4H3. The van der Waals surface area contributed by atoms with Gasteiger partial charge in [-0.2, -0.15) is 0 Å². The smallest absolute Gasteiger partial charge is 0.0397 e. The van der Waals surface area contributed by atoms with E-state index in [2.05, 4.69) is 62.3 Å². The second-order valence-electron chi connectivity index (χ2n) is 5.59. The van der Waals surface area contributed by atoms with E-state index in [1.807, 2.05) is 0 Å². The van der Waals surface area contributed by atoms with Crippen molar-refractivity contribution in [3.05, 3.63) is 34.9 Å². The first-order valence-electron chi connectivity index (χ1n) is 6.81. The predicted octanol–water partition coefficient (Wildman–Crippen LogP) is 3.08. The van der Waals surface area contributed by atoms with E-state index < -0.39 is 0 Å². The van der Waals surface area contributed by atoms with Crippen LogP contribution in [0, 0.1) is 0 Å². The fraction of sp³-hybridized carbons (Fsp3) is 0.500. The molecule has 2 rings (SSSR count). The molecule has 1 aromatic carbocycles. The van der Waals surface area contributed by atoms with E-state index in [1.165, 1.54) is 28.8 Å². The monoisotopic (exact) mass is 244 g/mol. The number of anilines is 1. The van der Waals surface area contributed by atoms with Gasteiger partial charge >= 0.3 is 0 Å². The second kappa shape index (κ2) is 5.57. The van der Waals surface area contributed by atoms with Crippen molar-refractivity contribution in [2.75, 3.05) is 25.0 Å². The summed E-state index contributed by atoms with van der Waals surface area (Å²) in [7, 11) is 2.17. The molecule has 1 aromatic rings. The molecule has 98 valence electrons. The molecule has 18 heavy (non-hydrogen) atoms. The summed E-state index contributed by atoms with van der Waals surface area (Å²) < 4.78 is 0. The summed E-state index contributed by atoms with van der Waals surface area (Å²) in [6.45, 7) is 8.66. The van der Waals surface area contributed by atoms with Gasteiger partial charge in [0, 0.05) is 31.9 Å². The molecule has 1 N–H and O–H groups in total. The molecule has 1 heterocycles. The fourth-order valence-electron chi connectivity index (χ4n) is 2.38. The van der Waals surface area contributed by atoms with Crippen molar-refractivity contribution in [3.63, 3.8) is 0 Å². The Morgan fingerprint density at radius 2 is 2.22 bits per heavy atom. The highest BCUT2D eigenvalue weighted by Gasteiger charge is 2.14. The Balaban J connectivity index is 2.08.